The lowest BCUT2D eigenvalue weighted by molar-refractivity contribution is -0.137. The van der Waals surface area contributed by atoms with Crippen molar-refractivity contribution in [1.82, 2.24) is 4.90 Å². The Morgan fingerprint density at radius 2 is 1.84 bits per heavy atom. The molecule has 166 valence electrons. The number of ether oxygens (including phenoxy) is 2. The fourth-order valence-electron chi connectivity index (χ4n) is 4.38. The lowest BCUT2D eigenvalue weighted by Gasteiger charge is -2.38. The SMILES string of the molecule is O=C(O)CCCN1CCC2(CC1)COc1cc(OCc3c(Cl)cc(Cl)cc3Cl)ccc12. The number of carbonyl (C=O) groups is 1. The summed E-state index contributed by atoms with van der Waals surface area (Å²) in [4.78, 5) is 13.1. The van der Waals surface area contributed by atoms with E-state index in [2.05, 4.69) is 11.0 Å². The summed E-state index contributed by atoms with van der Waals surface area (Å²) < 4.78 is 12.0. The molecular weight excluding hydrogens is 461 g/mol. The molecule has 1 saturated heterocycles. The Morgan fingerprint density at radius 1 is 1.13 bits per heavy atom. The predicted octanol–water partition coefficient (Wildman–Crippen LogP) is 5.82. The molecule has 4 rings (SSSR count). The second kappa shape index (κ2) is 9.45. The molecule has 0 aliphatic carbocycles. The van der Waals surface area contributed by atoms with Gasteiger partial charge in [0.1, 0.15) is 18.1 Å². The van der Waals surface area contributed by atoms with Gasteiger partial charge >= 0.3 is 5.97 Å². The summed E-state index contributed by atoms with van der Waals surface area (Å²) in [6, 6.07) is 9.30. The standard InChI is InChI=1S/C23H24Cl3NO4/c24-15-10-19(25)17(20(26)11-15)13-30-16-3-4-18-21(12-16)31-14-23(18)5-8-27(9-6-23)7-1-2-22(28)29/h3-4,10-12H,1-2,5-9,13-14H2,(H,28,29). The molecule has 0 saturated carbocycles. The molecule has 31 heavy (non-hydrogen) atoms. The molecule has 8 heteroatoms. The summed E-state index contributed by atoms with van der Waals surface area (Å²) in [6.45, 7) is 3.65. The number of aliphatic carboxylic acids is 1. The molecule has 0 amide bonds. The van der Waals surface area contributed by atoms with Gasteiger partial charge in [0.15, 0.2) is 0 Å². The topological polar surface area (TPSA) is 59.0 Å². The number of hydrogen-bond acceptors (Lipinski definition) is 4. The van der Waals surface area contributed by atoms with Gasteiger partial charge in [0.05, 0.1) is 16.7 Å². The van der Waals surface area contributed by atoms with Gasteiger partial charge in [-0.3, -0.25) is 4.79 Å². The van der Waals surface area contributed by atoms with Crippen molar-refractivity contribution in [1.29, 1.82) is 0 Å². The van der Waals surface area contributed by atoms with E-state index in [0.29, 0.717) is 39.4 Å². The fourth-order valence-corrected chi connectivity index (χ4v) is 5.31. The number of nitrogens with zero attached hydrogens (tertiary/aromatic N) is 1. The lowest BCUT2D eigenvalue weighted by Crippen LogP contribution is -2.43. The molecule has 2 aromatic rings. The molecule has 0 radical (unpaired) electrons. The molecule has 0 atom stereocenters. The first-order chi connectivity index (χ1) is 14.9. The Hall–Kier alpha value is -1.66. The number of carboxylic acids is 1. The zero-order valence-electron chi connectivity index (χ0n) is 17.0. The van der Waals surface area contributed by atoms with Crippen molar-refractivity contribution in [2.45, 2.75) is 37.7 Å². The summed E-state index contributed by atoms with van der Waals surface area (Å²) in [5.74, 6) is 0.833. The third-order valence-corrected chi connectivity index (χ3v) is 7.09. The maximum atomic E-state index is 10.7. The normalized spacial score (nSPS) is 17.4. The van der Waals surface area contributed by atoms with Crippen LogP contribution in [0.15, 0.2) is 30.3 Å². The molecule has 0 bridgehead atoms. The van der Waals surface area contributed by atoms with Crippen LogP contribution in [0.3, 0.4) is 0 Å². The van der Waals surface area contributed by atoms with Gasteiger partial charge in [-0.1, -0.05) is 40.9 Å². The third-order valence-electron chi connectivity index (χ3n) is 6.20. The Kier molecular flexibility index (Phi) is 6.87. The highest BCUT2D eigenvalue weighted by Gasteiger charge is 2.43. The van der Waals surface area contributed by atoms with Crippen LogP contribution in [-0.4, -0.2) is 42.2 Å². The van der Waals surface area contributed by atoms with Crippen LogP contribution >= 0.6 is 34.8 Å². The molecule has 2 aliphatic heterocycles. The van der Waals surface area contributed by atoms with E-state index in [0.717, 1.165) is 38.2 Å². The lowest BCUT2D eigenvalue weighted by atomic mass is 9.74. The van der Waals surface area contributed by atoms with E-state index >= 15 is 0 Å². The minimum absolute atomic E-state index is 0.0277. The maximum Gasteiger partial charge on any atom is 0.303 e. The number of halogens is 3. The first kappa shape index (κ1) is 22.5. The summed E-state index contributed by atoms with van der Waals surface area (Å²) in [5.41, 5.74) is 1.95. The highest BCUT2D eigenvalue weighted by atomic mass is 35.5. The van der Waals surface area contributed by atoms with Crippen LogP contribution < -0.4 is 9.47 Å². The van der Waals surface area contributed by atoms with Crippen LogP contribution in [0.4, 0.5) is 0 Å². The number of piperidine rings is 1. The van der Waals surface area contributed by atoms with Crippen molar-refractivity contribution in [3.05, 3.63) is 56.5 Å². The third kappa shape index (κ3) is 5.06. The quantitative estimate of drug-likeness (QED) is 0.537. The number of likely N-dealkylation sites (tertiary alicyclic amines) is 1. The van der Waals surface area contributed by atoms with Gasteiger partial charge in [-0.2, -0.15) is 0 Å². The first-order valence-corrected chi connectivity index (χ1v) is 11.5. The van der Waals surface area contributed by atoms with Gasteiger partial charge < -0.3 is 19.5 Å². The first-order valence-electron chi connectivity index (χ1n) is 10.3. The van der Waals surface area contributed by atoms with Crippen LogP contribution in [0.1, 0.15) is 36.8 Å². The Labute approximate surface area is 196 Å². The number of rotatable bonds is 7. The van der Waals surface area contributed by atoms with Crippen molar-refractivity contribution in [2.75, 3.05) is 26.2 Å². The molecule has 2 heterocycles. The van der Waals surface area contributed by atoms with Gasteiger partial charge in [0.2, 0.25) is 0 Å². The minimum Gasteiger partial charge on any atom is -0.492 e. The summed E-state index contributed by atoms with van der Waals surface area (Å²) in [7, 11) is 0. The average Bonchev–Trinajstić information content (AvgIpc) is 3.06. The molecule has 2 aromatic carbocycles. The van der Waals surface area contributed by atoms with Crippen molar-refractivity contribution in [2.24, 2.45) is 0 Å². The number of carboxylic acid groups (broad SMARTS) is 1. The van der Waals surface area contributed by atoms with Crippen LogP contribution in [0.2, 0.25) is 15.1 Å². The van der Waals surface area contributed by atoms with Gasteiger partial charge in [-0.15, -0.1) is 0 Å². The van der Waals surface area contributed by atoms with Crippen molar-refractivity contribution in [3.8, 4) is 11.5 Å². The van der Waals surface area contributed by atoms with E-state index < -0.39 is 5.97 Å². The second-order valence-corrected chi connectivity index (χ2v) is 9.45. The molecule has 1 fully saturated rings. The number of fused-ring (bicyclic) bond motifs is 2. The van der Waals surface area contributed by atoms with E-state index in [9.17, 15) is 4.79 Å². The molecule has 1 N–H and O–H groups in total. The minimum atomic E-state index is -0.731. The monoisotopic (exact) mass is 483 g/mol. The molecule has 0 unspecified atom stereocenters. The van der Waals surface area contributed by atoms with E-state index in [1.807, 2.05) is 12.1 Å². The van der Waals surface area contributed by atoms with Crippen LogP contribution in [0.5, 0.6) is 11.5 Å². The highest BCUT2D eigenvalue weighted by molar-refractivity contribution is 6.39. The van der Waals surface area contributed by atoms with Crippen LogP contribution in [0.25, 0.3) is 0 Å². The Morgan fingerprint density at radius 3 is 2.52 bits per heavy atom. The van der Waals surface area contributed by atoms with Gasteiger partial charge in [-0.25, -0.2) is 0 Å². The van der Waals surface area contributed by atoms with E-state index in [4.69, 9.17) is 49.4 Å². The van der Waals surface area contributed by atoms with Crippen molar-refractivity contribution >= 4 is 40.8 Å². The maximum absolute atomic E-state index is 10.7. The number of benzene rings is 2. The van der Waals surface area contributed by atoms with Gasteiger partial charge in [-0.05, 0) is 57.1 Å². The zero-order valence-corrected chi connectivity index (χ0v) is 19.3. The summed E-state index contributed by atoms with van der Waals surface area (Å²) in [5, 5.41) is 10.3. The van der Waals surface area contributed by atoms with Gasteiger partial charge in [0.25, 0.3) is 0 Å². The molecular formula is C23H24Cl3NO4. The second-order valence-electron chi connectivity index (χ2n) is 8.20. The molecule has 1 spiro atoms. The zero-order chi connectivity index (χ0) is 22.0. The summed E-state index contributed by atoms with van der Waals surface area (Å²) >= 11 is 18.5. The predicted molar refractivity (Wildman–Crippen MR) is 122 cm³/mol. The van der Waals surface area contributed by atoms with Crippen LogP contribution in [-0.2, 0) is 16.8 Å². The fraction of sp³-hybridized carbons (Fsp3) is 0.435. The Bertz CT molecular complexity index is 950. The van der Waals surface area contributed by atoms with Crippen molar-refractivity contribution < 1.29 is 19.4 Å². The Balaban J connectivity index is 1.38. The van der Waals surface area contributed by atoms with E-state index in [1.54, 1.807) is 12.1 Å². The highest BCUT2D eigenvalue weighted by Crippen LogP contribution is 2.46. The van der Waals surface area contributed by atoms with Gasteiger partial charge in [0, 0.05) is 34.1 Å². The van der Waals surface area contributed by atoms with E-state index in [1.165, 1.54) is 5.56 Å². The smallest absolute Gasteiger partial charge is 0.303 e. The molecule has 5 nitrogen and oxygen atoms in total. The molecule has 0 aromatic heterocycles. The largest absolute Gasteiger partial charge is 0.492 e. The molecule has 2 aliphatic rings. The summed E-state index contributed by atoms with van der Waals surface area (Å²) in [6.07, 6.45) is 2.92. The number of hydrogen-bond donors (Lipinski definition) is 1. The average molecular weight is 485 g/mol. The van der Waals surface area contributed by atoms with Crippen molar-refractivity contribution in [3.63, 3.8) is 0 Å². The van der Waals surface area contributed by atoms with E-state index in [-0.39, 0.29) is 18.4 Å². The van der Waals surface area contributed by atoms with Crippen LogP contribution in [0, 0.1) is 0 Å².